The minimum absolute atomic E-state index is 0.0101. The first-order valence-corrected chi connectivity index (χ1v) is 6.86. The molecule has 11 nitrogen and oxygen atoms in total. The molecule has 0 spiro atoms. The summed E-state index contributed by atoms with van der Waals surface area (Å²) in [5.74, 6) is -1.59. The fraction of sp³-hybridized carbons (Fsp3) is 0.462. The maximum atomic E-state index is 11.0. The molecule has 0 aliphatic carbocycles. The van der Waals surface area contributed by atoms with Gasteiger partial charge in [0.1, 0.15) is 24.4 Å². The molecule has 1 aliphatic heterocycles. The van der Waals surface area contributed by atoms with Crippen molar-refractivity contribution in [2.45, 2.75) is 30.6 Å². The third-order valence-corrected chi connectivity index (χ3v) is 3.59. The van der Waals surface area contributed by atoms with E-state index < -0.39 is 48.8 Å². The molecule has 1 heterocycles. The van der Waals surface area contributed by atoms with Gasteiger partial charge in [0.05, 0.1) is 18.3 Å². The number of anilines is 2. The zero-order chi connectivity index (χ0) is 18.0. The van der Waals surface area contributed by atoms with Crippen molar-refractivity contribution in [1.82, 2.24) is 0 Å². The number of carbonyl (C=O) groups excluding carboxylic acids is 1. The van der Waals surface area contributed by atoms with Crippen LogP contribution >= 0.6 is 0 Å². The molecule has 2 rings (SSSR count). The van der Waals surface area contributed by atoms with E-state index in [9.17, 15) is 25.2 Å². The zero-order valence-corrected chi connectivity index (χ0v) is 12.2. The number of carbonyl (C=O) groups is 1. The van der Waals surface area contributed by atoms with E-state index >= 15 is 0 Å². The molecule has 1 aromatic rings. The van der Waals surface area contributed by atoms with Gasteiger partial charge in [-0.05, 0) is 18.2 Å². The van der Waals surface area contributed by atoms with Crippen LogP contribution in [0.5, 0.6) is 0 Å². The number of hydrogen-bond acceptors (Lipinski definition) is 11. The van der Waals surface area contributed by atoms with Gasteiger partial charge in [0, 0.05) is 11.3 Å². The number of nitrogens with zero attached hydrogens (tertiary/aromatic N) is 1. The number of nitrogens with one attached hydrogen (secondary N) is 1. The molecule has 1 saturated heterocycles. The highest BCUT2D eigenvalue weighted by Gasteiger charge is 2.43. The zero-order valence-electron chi connectivity index (χ0n) is 12.2. The van der Waals surface area contributed by atoms with E-state index in [1.54, 1.807) is 0 Å². The average Bonchev–Trinajstić information content (AvgIpc) is 2.55. The monoisotopic (exact) mass is 345 g/mol. The van der Waals surface area contributed by atoms with Gasteiger partial charge < -0.3 is 40.4 Å². The highest BCUT2D eigenvalue weighted by molar-refractivity contribution is 5.88. The van der Waals surface area contributed by atoms with Gasteiger partial charge in [-0.25, -0.2) is 0 Å². The Morgan fingerprint density at radius 1 is 1.17 bits per heavy atom. The Kier molecular flexibility index (Phi) is 5.56. The van der Waals surface area contributed by atoms with Crippen molar-refractivity contribution in [3.05, 3.63) is 23.8 Å². The van der Waals surface area contributed by atoms with Crippen LogP contribution in [0.1, 0.15) is 10.4 Å². The van der Waals surface area contributed by atoms with Gasteiger partial charge in [-0.1, -0.05) is 0 Å². The summed E-state index contributed by atoms with van der Waals surface area (Å²) in [6, 6.07) is 3.12. The summed E-state index contributed by atoms with van der Waals surface area (Å²) >= 11 is 0. The number of benzene rings is 1. The molecular formula is C13H17N2O9-. The molecule has 0 aromatic heterocycles. The summed E-state index contributed by atoms with van der Waals surface area (Å²) in [7, 11) is 0. The first-order valence-electron chi connectivity index (χ1n) is 6.86. The highest BCUT2D eigenvalue weighted by atomic mass is 16.8. The number of ether oxygens (including phenoxy) is 1. The van der Waals surface area contributed by atoms with Crippen molar-refractivity contribution in [2.24, 2.45) is 0 Å². The number of hydrogen-bond donors (Lipinski definition) is 7. The Balaban J connectivity index is 2.27. The molecular weight excluding hydrogens is 328 g/mol. The van der Waals surface area contributed by atoms with Gasteiger partial charge in [0.25, 0.3) is 0 Å². The van der Waals surface area contributed by atoms with Gasteiger partial charge >= 0.3 is 0 Å². The maximum absolute atomic E-state index is 11.0. The van der Waals surface area contributed by atoms with Crippen molar-refractivity contribution in [3.8, 4) is 0 Å². The largest absolute Gasteiger partial charge is 0.545 e. The summed E-state index contributed by atoms with van der Waals surface area (Å²) in [5.41, 5.74) is -0.722. The lowest BCUT2D eigenvalue weighted by Gasteiger charge is -2.40. The summed E-state index contributed by atoms with van der Waals surface area (Å²) in [6.07, 6.45) is -7.23. The van der Waals surface area contributed by atoms with Crippen molar-refractivity contribution < 1.29 is 45.5 Å². The van der Waals surface area contributed by atoms with Gasteiger partial charge in [0.15, 0.2) is 6.23 Å². The maximum Gasteiger partial charge on any atom is 0.157 e. The minimum Gasteiger partial charge on any atom is -0.545 e. The topological polar surface area (TPSA) is 186 Å². The molecule has 0 bridgehead atoms. The molecule has 0 saturated carbocycles. The first-order chi connectivity index (χ1) is 11.2. The molecule has 0 amide bonds. The van der Waals surface area contributed by atoms with Crippen LogP contribution in [0.2, 0.25) is 0 Å². The quantitative estimate of drug-likeness (QED) is 0.267. The van der Waals surface area contributed by atoms with Crippen molar-refractivity contribution in [1.29, 1.82) is 0 Å². The Hall–Kier alpha value is -1.99. The Labute approximate surface area is 135 Å². The van der Waals surface area contributed by atoms with Crippen LogP contribution in [0.3, 0.4) is 0 Å². The molecule has 1 fully saturated rings. The molecule has 5 atom stereocenters. The molecule has 134 valence electrons. The Morgan fingerprint density at radius 3 is 2.38 bits per heavy atom. The second-order valence-electron chi connectivity index (χ2n) is 5.24. The molecule has 1 aliphatic rings. The summed E-state index contributed by atoms with van der Waals surface area (Å²) in [6.45, 7) is -0.630. The average molecular weight is 345 g/mol. The van der Waals surface area contributed by atoms with E-state index in [0.29, 0.717) is 0 Å². The minimum atomic E-state index is -1.62. The third kappa shape index (κ3) is 3.73. The lowest BCUT2D eigenvalue weighted by molar-refractivity contribution is -0.255. The van der Waals surface area contributed by atoms with Crippen LogP contribution in [0.25, 0.3) is 0 Å². The van der Waals surface area contributed by atoms with Gasteiger partial charge in [-0.15, -0.1) is 5.23 Å². The van der Waals surface area contributed by atoms with E-state index in [0.717, 1.165) is 18.2 Å². The number of aromatic carboxylic acids is 1. The third-order valence-electron chi connectivity index (χ3n) is 3.59. The van der Waals surface area contributed by atoms with E-state index in [1.807, 2.05) is 0 Å². The van der Waals surface area contributed by atoms with Crippen molar-refractivity contribution in [2.75, 3.05) is 17.2 Å². The SMILES string of the molecule is O=C([O-])c1cc(N[C@H]2O[C@@H](CO)[C@@H](O)[C@@H](O)[C@H]2O)cc(N(O)O)c1. The van der Waals surface area contributed by atoms with Gasteiger partial charge in [-0.2, -0.15) is 0 Å². The number of rotatable bonds is 5. The van der Waals surface area contributed by atoms with Crippen LogP contribution in [0.15, 0.2) is 18.2 Å². The molecule has 11 heteroatoms. The molecule has 7 N–H and O–H groups in total. The summed E-state index contributed by atoms with van der Waals surface area (Å²) in [5, 5.41) is 69.7. The molecule has 0 unspecified atom stereocenters. The Bertz CT molecular complexity index is 595. The van der Waals surface area contributed by atoms with Crippen LogP contribution < -0.4 is 15.6 Å². The lowest BCUT2D eigenvalue weighted by atomic mass is 9.98. The molecule has 0 radical (unpaired) electrons. The van der Waals surface area contributed by atoms with Crippen molar-refractivity contribution in [3.63, 3.8) is 0 Å². The van der Waals surface area contributed by atoms with Gasteiger partial charge in [-0.3, -0.25) is 10.4 Å². The molecule has 24 heavy (non-hydrogen) atoms. The van der Waals surface area contributed by atoms with E-state index in [2.05, 4.69) is 5.32 Å². The number of carboxylic acids is 1. The fourth-order valence-electron chi connectivity index (χ4n) is 2.31. The van der Waals surface area contributed by atoms with Crippen LogP contribution in [-0.4, -0.2) is 74.1 Å². The first kappa shape index (κ1) is 18.4. The highest BCUT2D eigenvalue weighted by Crippen LogP contribution is 2.26. The summed E-state index contributed by atoms with van der Waals surface area (Å²) < 4.78 is 5.21. The second-order valence-corrected chi connectivity index (χ2v) is 5.24. The normalized spacial score (nSPS) is 30.0. The number of carboxylic acid groups (broad SMARTS) is 1. The smallest absolute Gasteiger partial charge is 0.157 e. The lowest BCUT2D eigenvalue weighted by Crippen LogP contribution is -2.60. The fourth-order valence-corrected chi connectivity index (χ4v) is 2.31. The van der Waals surface area contributed by atoms with Crippen LogP contribution in [-0.2, 0) is 4.74 Å². The van der Waals surface area contributed by atoms with Crippen LogP contribution in [0, 0.1) is 0 Å². The predicted octanol–water partition coefficient (Wildman–Crippen LogP) is -3.15. The summed E-state index contributed by atoms with van der Waals surface area (Å²) in [4.78, 5) is 11.0. The Morgan fingerprint density at radius 2 is 1.83 bits per heavy atom. The van der Waals surface area contributed by atoms with Crippen molar-refractivity contribution >= 4 is 17.3 Å². The number of aliphatic hydroxyl groups excluding tert-OH is 4. The predicted molar refractivity (Wildman–Crippen MR) is 74.2 cm³/mol. The van der Waals surface area contributed by atoms with Gasteiger partial charge in [0.2, 0.25) is 0 Å². The molecule has 1 aromatic carbocycles. The van der Waals surface area contributed by atoms with E-state index in [4.69, 9.17) is 20.3 Å². The number of aliphatic hydroxyl groups is 4. The van der Waals surface area contributed by atoms with E-state index in [1.165, 1.54) is 0 Å². The van der Waals surface area contributed by atoms with Crippen LogP contribution in [0.4, 0.5) is 11.4 Å². The second kappa shape index (κ2) is 7.27. The van der Waals surface area contributed by atoms with E-state index in [-0.39, 0.29) is 16.6 Å². The standard InChI is InChI=1S/C13H18N2O9/c16-4-8-9(17)10(18)11(19)12(24-8)14-6-1-5(13(20)21)2-7(3-6)15(22)23/h1-3,8-12,14,16-19,22-23H,4H2,(H,20,21)/p-1/t8-,9+,10+,11+,12-/m0/s1.